The molecule has 0 unspecified atom stereocenters. The van der Waals surface area contributed by atoms with Crippen molar-refractivity contribution in [2.75, 3.05) is 17.1 Å². The summed E-state index contributed by atoms with van der Waals surface area (Å²) in [5.41, 5.74) is 0.939. The number of benzene rings is 2. The van der Waals surface area contributed by atoms with E-state index in [0.29, 0.717) is 18.0 Å². The Morgan fingerprint density at radius 3 is 2.41 bits per heavy atom. The molecule has 0 aromatic heterocycles. The van der Waals surface area contributed by atoms with E-state index in [0.717, 1.165) is 28.6 Å². The van der Waals surface area contributed by atoms with E-state index in [1.165, 1.54) is 25.1 Å². The lowest BCUT2D eigenvalue weighted by Crippen LogP contribution is -2.48. The Bertz CT molecular complexity index is 888. The molecule has 1 N–H and O–H groups in total. The lowest BCUT2D eigenvalue weighted by molar-refractivity contribution is -0.121. The van der Waals surface area contributed by atoms with Gasteiger partial charge in [0.05, 0.1) is 11.9 Å². The van der Waals surface area contributed by atoms with Gasteiger partial charge in [0, 0.05) is 11.6 Å². The monoisotopic (exact) mass is 412 g/mol. The van der Waals surface area contributed by atoms with Gasteiger partial charge in [0.2, 0.25) is 15.9 Å². The van der Waals surface area contributed by atoms with E-state index in [2.05, 4.69) is 5.32 Å². The molecular weight excluding hydrogens is 391 g/mol. The number of halogens is 2. The first kappa shape index (κ1) is 21.2. The second kappa shape index (κ2) is 9.19. The van der Waals surface area contributed by atoms with E-state index in [4.69, 9.17) is 11.6 Å². The zero-order valence-corrected chi connectivity index (χ0v) is 16.7. The van der Waals surface area contributed by atoms with Crippen LogP contribution in [0.3, 0.4) is 0 Å². The van der Waals surface area contributed by atoms with Crippen molar-refractivity contribution < 1.29 is 17.6 Å². The normalized spacial score (nSPS) is 12.4. The van der Waals surface area contributed by atoms with Crippen LogP contribution in [0.25, 0.3) is 0 Å². The minimum atomic E-state index is -3.84. The minimum Gasteiger partial charge on any atom is -0.354 e. The Morgan fingerprint density at radius 2 is 1.81 bits per heavy atom. The molecule has 2 aromatic rings. The molecule has 0 saturated heterocycles. The molecule has 146 valence electrons. The average Bonchev–Trinajstić information content (AvgIpc) is 2.60. The van der Waals surface area contributed by atoms with E-state index in [1.807, 2.05) is 12.1 Å². The maximum Gasteiger partial charge on any atom is 0.243 e. The predicted molar refractivity (Wildman–Crippen MR) is 106 cm³/mol. The largest absolute Gasteiger partial charge is 0.354 e. The number of sulfonamides is 1. The molecule has 0 saturated carbocycles. The van der Waals surface area contributed by atoms with Crippen LogP contribution in [-0.2, 0) is 21.2 Å². The molecule has 2 rings (SSSR count). The molecule has 27 heavy (non-hydrogen) atoms. The first-order chi connectivity index (χ1) is 12.7. The maximum atomic E-state index is 14.1. The molecule has 0 aliphatic carbocycles. The van der Waals surface area contributed by atoms with Crippen LogP contribution in [0.5, 0.6) is 0 Å². The van der Waals surface area contributed by atoms with Crippen LogP contribution < -0.4 is 9.62 Å². The average molecular weight is 413 g/mol. The Labute approximate surface area is 164 Å². The highest BCUT2D eigenvalue weighted by atomic mass is 35.5. The van der Waals surface area contributed by atoms with Gasteiger partial charge >= 0.3 is 0 Å². The van der Waals surface area contributed by atoms with E-state index >= 15 is 0 Å². The van der Waals surface area contributed by atoms with Gasteiger partial charge in [-0.3, -0.25) is 9.10 Å². The number of anilines is 1. The minimum absolute atomic E-state index is 0.149. The van der Waals surface area contributed by atoms with Gasteiger partial charge in [-0.1, -0.05) is 35.9 Å². The number of amides is 1. The highest BCUT2D eigenvalue weighted by Crippen LogP contribution is 2.24. The molecule has 0 spiro atoms. The van der Waals surface area contributed by atoms with Crippen LogP contribution in [0.1, 0.15) is 18.9 Å². The molecule has 0 radical (unpaired) electrons. The van der Waals surface area contributed by atoms with Crippen molar-refractivity contribution in [1.29, 1.82) is 0 Å². The van der Waals surface area contributed by atoms with Gasteiger partial charge in [0.15, 0.2) is 0 Å². The van der Waals surface area contributed by atoms with Crippen LogP contribution in [0.15, 0.2) is 48.5 Å². The number of rotatable bonds is 8. The number of aryl methyl sites for hydroxylation is 1. The van der Waals surface area contributed by atoms with Crippen LogP contribution in [-0.4, -0.2) is 33.2 Å². The summed E-state index contributed by atoms with van der Waals surface area (Å²) in [4.78, 5) is 12.4. The summed E-state index contributed by atoms with van der Waals surface area (Å²) < 4.78 is 39.2. The third-order valence-electron chi connectivity index (χ3n) is 4.03. The van der Waals surface area contributed by atoms with Gasteiger partial charge in [0.25, 0.3) is 0 Å². The van der Waals surface area contributed by atoms with E-state index in [1.54, 1.807) is 12.1 Å². The van der Waals surface area contributed by atoms with Gasteiger partial charge in [0.1, 0.15) is 11.9 Å². The van der Waals surface area contributed by atoms with Gasteiger partial charge < -0.3 is 5.32 Å². The molecule has 0 heterocycles. The lowest BCUT2D eigenvalue weighted by Gasteiger charge is -2.28. The summed E-state index contributed by atoms with van der Waals surface area (Å²) in [6, 6.07) is 11.8. The van der Waals surface area contributed by atoms with Crippen LogP contribution in [0, 0.1) is 5.82 Å². The predicted octanol–water partition coefficient (Wildman–Crippen LogP) is 3.38. The highest BCUT2D eigenvalue weighted by molar-refractivity contribution is 7.92. The van der Waals surface area contributed by atoms with Crippen molar-refractivity contribution in [2.45, 2.75) is 25.8 Å². The standard InChI is InChI=1S/C19H22ClFN2O3S/c1-14(23(27(2,25)26)18-8-4-3-7-17(18)21)19(24)22-13-5-6-15-9-11-16(20)12-10-15/h3-4,7-12,14H,5-6,13H2,1-2H3,(H,22,24)/t14-/m1/s1. The molecule has 5 nitrogen and oxygen atoms in total. The van der Waals surface area contributed by atoms with Crippen molar-refractivity contribution >= 4 is 33.2 Å². The van der Waals surface area contributed by atoms with Gasteiger partial charge in [-0.15, -0.1) is 0 Å². The van der Waals surface area contributed by atoms with Crippen molar-refractivity contribution in [1.82, 2.24) is 5.32 Å². The summed E-state index contributed by atoms with van der Waals surface area (Å²) in [6.07, 6.45) is 2.37. The zero-order valence-electron chi connectivity index (χ0n) is 15.2. The molecule has 1 atom stereocenters. The van der Waals surface area contributed by atoms with Crippen molar-refractivity contribution in [3.63, 3.8) is 0 Å². The molecule has 0 bridgehead atoms. The Morgan fingerprint density at radius 1 is 1.19 bits per heavy atom. The first-order valence-corrected chi connectivity index (χ1v) is 10.7. The van der Waals surface area contributed by atoms with Crippen LogP contribution in [0.4, 0.5) is 10.1 Å². The third kappa shape index (κ3) is 5.94. The fraction of sp³-hybridized carbons (Fsp3) is 0.316. The number of nitrogens with zero attached hydrogens (tertiary/aromatic N) is 1. The molecule has 8 heteroatoms. The topological polar surface area (TPSA) is 66.5 Å². The summed E-state index contributed by atoms with van der Waals surface area (Å²) in [6.45, 7) is 1.81. The van der Waals surface area contributed by atoms with Gasteiger partial charge in [-0.2, -0.15) is 0 Å². The molecule has 2 aromatic carbocycles. The second-order valence-corrected chi connectivity index (χ2v) is 8.50. The number of carbonyl (C=O) groups is 1. The van der Waals surface area contributed by atoms with E-state index in [9.17, 15) is 17.6 Å². The van der Waals surface area contributed by atoms with Gasteiger partial charge in [-0.25, -0.2) is 12.8 Å². The first-order valence-electron chi connectivity index (χ1n) is 8.46. The second-order valence-electron chi connectivity index (χ2n) is 6.21. The summed E-state index contributed by atoms with van der Waals surface area (Å²) in [7, 11) is -3.84. The van der Waals surface area contributed by atoms with Crippen LogP contribution >= 0.6 is 11.6 Å². The number of carbonyl (C=O) groups excluding carboxylic acids is 1. The summed E-state index contributed by atoms with van der Waals surface area (Å²) in [5.74, 6) is -1.19. The smallest absolute Gasteiger partial charge is 0.243 e. The quantitative estimate of drug-likeness (QED) is 0.676. The third-order valence-corrected chi connectivity index (χ3v) is 5.51. The fourth-order valence-electron chi connectivity index (χ4n) is 2.71. The molecule has 1 amide bonds. The molecule has 0 aliphatic heterocycles. The Kier molecular flexibility index (Phi) is 7.21. The van der Waals surface area contributed by atoms with Crippen molar-refractivity contribution in [2.24, 2.45) is 0 Å². The SMILES string of the molecule is C[C@H](C(=O)NCCCc1ccc(Cl)cc1)N(c1ccccc1F)S(C)(=O)=O. The van der Waals surface area contributed by atoms with Gasteiger partial charge in [-0.05, 0) is 49.6 Å². The summed E-state index contributed by atoms with van der Waals surface area (Å²) >= 11 is 5.84. The van der Waals surface area contributed by atoms with Crippen molar-refractivity contribution in [3.05, 3.63) is 64.9 Å². The van der Waals surface area contributed by atoms with E-state index < -0.39 is 27.8 Å². The lowest BCUT2D eigenvalue weighted by atomic mass is 10.1. The van der Waals surface area contributed by atoms with Crippen molar-refractivity contribution in [3.8, 4) is 0 Å². The zero-order chi connectivity index (χ0) is 20.0. The van der Waals surface area contributed by atoms with E-state index in [-0.39, 0.29) is 5.69 Å². The molecular formula is C19H22ClFN2O3S. The Hall–Kier alpha value is -2.12. The number of para-hydroxylation sites is 1. The van der Waals surface area contributed by atoms with Crippen LogP contribution in [0.2, 0.25) is 5.02 Å². The highest BCUT2D eigenvalue weighted by Gasteiger charge is 2.30. The number of hydrogen-bond acceptors (Lipinski definition) is 3. The fourth-order valence-corrected chi connectivity index (χ4v) is 4.02. The maximum absolute atomic E-state index is 14.1. The molecule has 0 fully saturated rings. The number of hydrogen-bond donors (Lipinski definition) is 1. The number of nitrogens with one attached hydrogen (secondary N) is 1. The Balaban J connectivity index is 1.99. The summed E-state index contributed by atoms with van der Waals surface area (Å²) in [5, 5.41) is 3.37. The molecule has 0 aliphatic rings.